The Kier molecular flexibility index (Phi) is 8.02. The molecule has 0 saturated heterocycles. The van der Waals surface area contributed by atoms with Gasteiger partial charge in [-0.05, 0) is 56.7 Å². The van der Waals surface area contributed by atoms with Crippen molar-refractivity contribution in [2.24, 2.45) is 0 Å². The maximum atomic E-state index is 12.3. The third-order valence-corrected chi connectivity index (χ3v) is 7.92. The second-order valence-corrected chi connectivity index (χ2v) is 10.8. The number of ether oxygens (including phenoxy) is 2. The Morgan fingerprint density at radius 2 is 1.86 bits per heavy atom. The molecule has 0 unspecified atom stereocenters. The Morgan fingerprint density at radius 3 is 2.49 bits per heavy atom. The smallest absolute Gasteiger partial charge is 0.407 e. The van der Waals surface area contributed by atoms with Gasteiger partial charge in [0.05, 0.1) is 23.1 Å². The third kappa shape index (κ3) is 6.18. The number of hydrogen-bond donors (Lipinski definition) is 2. The fraction of sp³-hybridized carbons (Fsp3) is 0.400. The minimum absolute atomic E-state index is 0.120. The molecule has 4 rings (SSSR count). The summed E-state index contributed by atoms with van der Waals surface area (Å²) in [5, 5.41) is 3.99. The van der Waals surface area contributed by atoms with Gasteiger partial charge in [-0.25, -0.2) is 14.8 Å². The molecule has 1 aliphatic rings. The molecule has 0 bridgehead atoms. The van der Waals surface area contributed by atoms with E-state index in [2.05, 4.69) is 15.3 Å². The van der Waals surface area contributed by atoms with Gasteiger partial charge in [0, 0.05) is 36.0 Å². The summed E-state index contributed by atoms with van der Waals surface area (Å²) >= 11 is 1.58. The van der Waals surface area contributed by atoms with Crippen molar-refractivity contribution in [3.8, 4) is 27.4 Å². The van der Waals surface area contributed by atoms with Gasteiger partial charge in [-0.3, -0.25) is 0 Å². The Bertz CT molecular complexity index is 1240. The summed E-state index contributed by atoms with van der Waals surface area (Å²) in [5.74, 6) is 0.842. The van der Waals surface area contributed by atoms with Crippen molar-refractivity contribution in [2.75, 3.05) is 7.11 Å². The molecule has 1 fully saturated rings. The van der Waals surface area contributed by atoms with Crippen molar-refractivity contribution in [1.29, 1.82) is 4.78 Å². The molecule has 2 heterocycles. The zero-order valence-corrected chi connectivity index (χ0v) is 21.6. The number of benzene rings is 1. The highest BCUT2D eigenvalue weighted by Gasteiger charge is 2.26. The lowest BCUT2D eigenvalue weighted by Gasteiger charge is -2.28. The van der Waals surface area contributed by atoms with E-state index in [1.165, 1.54) is 0 Å². The van der Waals surface area contributed by atoms with Crippen molar-refractivity contribution >= 4 is 28.0 Å². The van der Waals surface area contributed by atoms with E-state index >= 15 is 0 Å². The Morgan fingerprint density at radius 1 is 1.11 bits per heavy atom. The fourth-order valence-electron chi connectivity index (χ4n) is 4.23. The Balaban J connectivity index is 1.47. The van der Waals surface area contributed by atoms with E-state index in [0.29, 0.717) is 16.7 Å². The molecule has 1 aliphatic carbocycles. The molecule has 10 heteroatoms. The van der Waals surface area contributed by atoms with Gasteiger partial charge in [-0.1, -0.05) is 23.1 Å². The summed E-state index contributed by atoms with van der Waals surface area (Å²) in [4.78, 5) is 22.1. The number of aromatic nitrogens is 2. The largest absolute Gasteiger partial charge is 0.481 e. The van der Waals surface area contributed by atoms with Gasteiger partial charge in [-0.2, -0.15) is 10.6 Å². The highest BCUT2D eigenvalue weighted by atomic mass is 32.2. The molecule has 0 radical (unpaired) electrons. The Hall–Kier alpha value is -2.98. The Labute approximate surface area is 211 Å². The first kappa shape index (κ1) is 25.1. The molecule has 1 aromatic carbocycles. The molecule has 1 saturated carbocycles. The lowest BCUT2D eigenvalue weighted by Crippen LogP contribution is -2.38. The first-order valence-corrected chi connectivity index (χ1v) is 13.5. The molecule has 0 aliphatic heterocycles. The lowest BCUT2D eigenvalue weighted by molar-refractivity contribution is 0.109. The van der Waals surface area contributed by atoms with E-state index in [4.69, 9.17) is 14.3 Å². The van der Waals surface area contributed by atoms with E-state index in [0.717, 1.165) is 52.3 Å². The monoisotopic (exact) mass is 513 g/mol. The molecule has 3 aromatic rings. The second kappa shape index (κ2) is 11.2. The normalized spacial score (nSPS) is 18.0. The van der Waals surface area contributed by atoms with Crippen molar-refractivity contribution in [1.82, 2.24) is 15.3 Å². The zero-order chi connectivity index (χ0) is 24.9. The summed E-state index contributed by atoms with van der Waals surface area (Å²) < 4.78 is 30.5. The molecular weight excluding hydrogens is 484 g/mol. The number of nitrogens with one attached hydrogen (secondary N) is 2. The van der Waals surface area contributed by atoms with Gasteiger partial charge in [0.1, 0.15) is 0 Å². The highest BCUT2D eigenvalue weighted by Crippen LogP contribution is 2.39. The van der Waals surface area contributed by atoms with Crippen LogP contribution in [0.2, 0.25) is 0 Å². The highest BCUT2D eigenvalue weighted by molar-refractivity contribution is 7.73. The summed E-state index contributed by atoms with van der Waals surface area (Å²) in [5.41, 5.74) is 2.46. The van der Waals surface area contributed by atoms with E-state index in [1.54, 1.807) is 36.8 Å². The van der Waals surface area contributed by atoms with E-state index in [9.17, 15) is 9.00 Å². The van der Waals surface area contributed by atoms with Crippen LogP contribution in [0.15, 0.2) is 47.6 Å². The van der Waals surface area contributed by atoms with Crippen LogP contribution in [0.4, 0.5) is 4.79 Å². The van der Waals surface area contributed by atoms with Crippen LogP contribution in [0.1, 0.15) is 50.5 Å². The van der Waals surface area contributed by atoms with E-state index in [1.807, 2.05) is 38.2 Å². The molecule has 2 N–H and O–H groups in total. The number of carbonyl (C=O) groups is 1. The van der Waals surface area contributed by atoms with Gasteiger partial charge in [0.2, 0.25) is 5.88 Å². The van der Waals surface area contributed by atoms with E-state index < -0.39 is 10.6 Å². The van der Waals surface area contributed by atoms with Crippen LogP contribution in [0.25, 0.3) is 21.6 Å². The average Bonchev–Trinajstić information content (AvgIpc) is 3.34. The molecule has 2 aromatic heterocycles. The quantitative estimate of drug-likeness (QED) is 0.368. The zero-order valence-electron chi connectivity index (χ0n) is 19.9. The molecule has 8 nitrogen and oxygen atoms in total. The summed E-state index contributed by atoms with van der Waals surface area (Å²) in [6.07, 6.45) is 6.63. The molecule has 0 spiro atoms. The topological polar surface area (TPSA) is 114 Å². The predicted molar refractivity (Wildman–Crippen MR) is 136 cm³/mol. The van der Waals surface area contributed by atoms with Crippen molar-refractivity contribution in [3.63, 3.8) is 0 Å². The molecule has 0 atom stereocenters. The minimum Gasteiger partial charge on any atom is -0.481 e. The maximum Gasteiger partial charge on any atom is 0.407 e. The van der Waals surface area contributed by atoms with Gasteiger partial charge < -0.3 is 23.8 Å². The number of thiazole rings is 1. The number of amides is 1. The van der Waals surface area contributed by atoms with Crippen LogP contribution < -0.4 is 10.1 Å². The number of hydrogen-bond acceptors (Lipinski definition) is 9. The lowest BCUT2D eigenvalue weighted by atomic mass is 9.86. The van der Waals surface area contributed by atoms with Crippen LogP contribution in [0.5, 0.6) is 5.88 Å². The number of methoxy groups -OCH3 is 1. The number of pyridine rings is 1. The van der Waals surface area contributed by atoms with Crippen LogP contribution in [-0.4, -0.2) is 35.3 Å². The maximum absolute atomic E-state index is 12.3. The van der Waals surface area contributed by atoms with Gasteiger partial charge in [0.15, 0.2) is 0 Å². The van der Waals surface area contributed by atoms with Crippen LogP contribution in [-0.2, 0) is 19.5 Å². The minimum atomic E-state index is -1.91. The first-order chi connectivity index (χ1) is 16.8. The average molecular weight is 514 g/mol. The van der Waals surface area contributed by atoms with Crippen LogP contribution in [0, 0.1) is 4.78 Å². The molecule has 35 heavy (non-hydrogen) atoms. The second-order valence-electron chi connectivity index (χ2n) is 8.78. The SMILES string of the molecule is COc1ccc(-c2ccc(-c3cnc(C4CCC(NC(=O)OC(C)C)CC4)s3)c([S-](=N)=O)c2)cn1. The predicted octanol–water partition coefficient (Wildman–Crippen LogP) is 6.13. The standard InChI is InChI=1S/C25H29N4O4S2/c1-15(2)33-25(30)29-19-8-4-16(5-9-19)24-28-14-21(34-24)20-10-6-17(12-22(20)35(26)31)18-7-11-23(32-3)27-13-18/h6-7,10-16,19,26H,4-5,8-9H2,1-3H3,(H,29,30)/q-1. The van der Waals surface area contributed by atoms with Crippen molar-refractivity contribution < 1.29 is 18.5 Å². The van der Waals surface area contributed by atoms with Crippen LogP contribution in [0.3, 0.4) is 0 Å². The summed E-state index contributed by atoms with van der Waals surface area (Å²) in [6.45, 7) is 3.67. The van der Waals surface area contributed by atoms with E-state index in [-0.39, 0.29) is 18.2 Å². The van der Waals surface area contributed by atoms with Gasteiger partial charge in [0.25, 0.3) is 0 Å². The summed E-state index contributed by atoms with van der Waals surface area (Å²) in [7, 11) is -0.346. The number of nitrogens with zero attached hydrogens (tertiary/aromatic N) is 2. The number of carbonyl (C=O) groups excluding carboxylic acids is 1. The van der Waals surface area contributed by atoms with Gasteiger partial charge >= 0.3 is 6.09 Å². The van der Waals surface area contributed by atoms with Crippen molar-refractivity contribution in [2.45, 2.75) is 62.5 Å². The first-order valence-electron chi connectivity index (χ1n) is 11.5. The number of rotatable bonds is 7. The summed E-state index contributed by atoms with van der Waals surface area (Å²) in [6, 6.07) is 9.41. The van der Waals surface area contributed by atoms with Crippen LogP contribution >= 0.6 is 11.3 Å². The fourth-order valence-corrected chi connectivity index (χ4v) is 6.03. The molecule has 1 amide bonds. The third-order valence-electron chi connectivity index (χ3n) is 5.99. The molecular formula is C25H29N4O4S2-. The van der Waals surface area contributed by atoms with Crippen molar-refractivity contribution in [3.05, 3.63) is 47.7 Å². The van der Waals surface area contributed by atoms with Gasteiger partial charge in [-0.15, -0.1) is 11.3 Å². The molecule has 186 valence electrons. The number of alkyl carbamates (subject to hydrolysis) is 1.